The molecule has 0 N–H and O–H groups in total. The van der Waals surface area contributed by atoms with Gasteiger partial charge in [-0.1, -0.05) is 5.16 Å². The number of fused-ring (bicyclic) bond motifs is 1. The lowest BCUT2D eigenvalue weighted by Gasteiger charge is -2.32. The van der Waals surface area contributed by atoms with Gasteiger partial charge in [0.1, 0.15) is 17.0 Å². The number of halogens is 3. The smallest absolute Gasteiger partial charge is 0.416 e. The third kappa shape index (κ3) is 6.29. The number of pyridine rings is 1. The van der Waals surface area contributed by atoms with Crippen molar-refractivity contribution in [3.8, 4) is 22.6 Å². The molecule has 0 aliphatic carbocycles. The molecule has 1 atom stereocenters. The van der Waals surface area contributed by atoms with Gasteiger partial charge in [0, 0.05) is 30.1 Å². The van der Waals surface area contributed by atoms with Gasteiger partial charge in [0.05, 0.1) is 35.5 Å². The van der Waals surface area contributed by atoms with Crippen LogP contribution < -0.4 is 4.90 Å². The molecule has 9 nitrogen and oxygen atoms in total. The third-order valence-electron chi connectivity index (χ3n) is 6.26. The minimum absolute atomic E-state index is 0. The van der Waals surface area contributed by atoms with Crippen molar-refractivity contribution in [2.24, 2.45) is 0 Å². The molecule has 0 saturated heterocycles. The molecule has 4 heterocycles. The number of alkyl halides is 3. The van der Waals surface area contributed by atoms with Crippen LogP contribution in [0, 0.1) is 0 Å². The van der Waals surface area contributed by atoms with Crippen LogP contribution in [0.1, 0.15) is 55.5 Å². The maximum atomic E-state index is 13.5. The van der Waals surface area contributed by atoms with Crippen molar-refractivity contribution in [2.75, 3.05) is 11.4 Å². The van der Waals surface area contributed by atoms with E-state index in [9.17, 15) is 22.8 Å². The second-order valence-corrected chi connectivity index (χ2v) is 10.5. The number of nitrogens with zero attached hydrogens (tertiary/aromatic N) is 5. The van der Waals surface area contributed by atoms with Gasteiger partial charge >= 0.3 is 12.1 Å². The van der Waals surface area contributed by atoms with E-state index >= 15 is 0 Å². The number of benzene rings is 1. The van der Waals surface area contributed by atoms with Gasteiger partial charge in [-0.15, -0.1) is 0 Å². The topological polar surface area (TPSA) is 103 Å². The van der Waals surface area contributed by atoms with E-state index in [2.05, 4.69) is 15.2 Å². The minimum Gasteiger partial charge on any atom is -0.460 e. The van der Waals surface area contributed by atoms with Crippen molar-refractivity contribution >= 4 is 31.1 Å². The summed E-state index contributed by atoms with van der Waals surface area (Å²) >= 11 is 0. The molecule has 1 aliphatic rings. The predicted molar refractivity (Wildman–Crippen MR) is 149 cm³/mol. The van der Waals surface area contributed by atoms with Crippen LogP contribution >= 0.6 is 13.5 Å². The Morgan fingerprint density at radius 2 is 1.80 bits per heavy atom. The van der Waals surface area contributed by atoms with E-state index in [-0.39, 0.29) is 44.2 Å². The van der Waals surface area contributed by atoms with Crippen LogP contribution in [0.2, 0.25) is 0 Å². The first kappa shape index (κ1) is 29.8. The fraction of sp³-hybridized carbons (Fsp3) is 0.321. The highest BCUT2D eigenvalue weighted by Gasteiger charge is 2.36. The summed E-state index contributed by atoms with van der Waals surface area (Å²) in [6.45, 7) is 7.48. The van der Waals surface area contributed by atoms with Crippen molar-refractivity contribution in [1.82, 2.24) is 19.9 Å². The summed E-state index contributed by atoms with van der Waals surface area (Å²) in [5.74, 6) is -0.507. The summed E-state index contributed by atoms with van der Waals surface area (Å²) < 4.78 is 51.5. The lowest BCUT2D eigenvalue weighted by atomic mass is 10.1. The molecule has 0 spiro atoms. The molecule has 0 unspecified atom stereocenters. The van der Waals surface area contributed by atoms with E-state index < -0.39 is 23.2 Å². The number of ether oxygens (including phenoxy) is 1. The minimum atomic E-state index is -4.47. The van der Waals surface area contributed by atoms with Crippen LogP contribution in [0.15, 0.2) is 59.4 Å². The summed E-state index contributed by atoms with van der Waals surface area (Å²) in [6.07, 6.45) is -1.37. The van der Waals surface area contributed by atoms with Gasteiger partial charge in [0.2, 0.25) is 0 Å². The number of carbonyl (C=O) groups excluding carboxylic acids is 2. The van der Waals surface area contributed by atoms with E-state index in [1.807, 2.05) is 6.92 Å². The second-order valence-electron chi connectivity index (χ2n) is 10.5. The SMILES string of the molecule is C[C@H]1CN(c2ccc(C(F)(F)F)cc2)C(=O)c2c(-c3cc(-c4ccc(CC(=O)OC(C)(C)C)nc4)no3)cnn21.S. The summed E-state index contributed by atoms with van der Waals surface area (Å²) in [5.41, 5.74) is 1.25. The van der Waals surface area contributed by atoms with Gasteiger partial charge in [-0.25, -0.2) is 0 Å². The number of hydrogen-bond donors (Lipinski definition) is 0. The Kier molecular flexibility index (Phi) is 8.03. The first-order valence-corrected chi connectivity index (χ1v) is 12.5. The van der Waals surface area contributed by atoms with E-state index in [1.54, 1.807) is 49.8 Å². The molecular formula is C28H28F3N5O4S. The molecule has 13 heteroatoms. The number of amides is 1. The average Bonchev–Trinajstić information content (AvgIpc) is 3.53. The summed E-state index contributed by atoms with van der Waals surface area (Å²) in [4.78, 5) is 31.4. The quantitative estimate of drug-likeness (QED) is 0.271. The summed E-state index contributed by atoms with van der Waals surface area (Å²) in [5, 5.41) is 8.47. The van der Waals surface area contributed by atoms with Crippen molar-refractivity contribution in [3.63, 3.8) is 0 Å². The molecule has 0 bridgehead atoms. The van der Waals surface area contributed by atoms with Crippen molar-refractivity contribution in [3.05, 3.63) is 71.8 Å². The zero-order chi connectivity index (χ0) is 28.8. The lowest BCUT2D eigenvalue weighted by molar-refractivity contribution is -0.154. The van der Waals surface area contributed by atoms with Crippen molar-refractivity contribution < 1.29 is 32.0 Å². The molecule has 0 saturated carbocycles. The van der Waals surface area contributed by atoms with Crippen molar-refractivity contribution in [1.29, 1.82) is 0 Å². The average molecular weight is 588 g/mol. The normalized spacial score (nSPS) is 15.3. The Morgan fingerprint density at radius 3 is 2.41 bits per heavy atom. The first-order chi connectivity index (χ1) is 18.8. The maximum Gasteiger partial charge on any atom is 0.416 e. The van der Waals surface area contributed by atoms with Gasteiger partial charge in [0.25, 0.3) is 5.91 Å². The molecule has 41 heavy (non-hydrogen) atoms. The molecule has 0 fully saturated rings. The first-order valence-electron chi connectivity index (χ1n) is 12.5. The molecule has 5 rings (SSSR count). The monoisotopic (exact) mass is 587 g/mol. The van der Waals surface area contributed by atoms with Gasteiger partial charge in [0.15, 0.2) is 5.76 Å². The number of hydrogen-bond acceptors (Lipinski definition) is 7. The predicted octanol–water partition coefficient (Wildman–Crippen LogP) is 5.84. The zero-order valence-electron chi connectivity index (χ0n) is 22.7. The van der Waals surface area contributed by atoms with Crippen molar-refractivity contribution in [2.45, 2.75) is 51.9 Å². The molecule has 216 valence electrons. The number of carbonyl (C=O) groups is 2. The van der Waals surface area contributed by atoms with E-state index in [4.69, 9.17) is 9.26 Å². The van der Waals surface area contributed by atoms with Crippen LogP contribution in [-0.2, 0) is 22.1 Å². The van der Waals surface area contributed by atoms with Gasteiger partial charge in [-0.2, -0.15) is 31.8 Å². The number of rotatable bonds is 5. The Balaban J connectivity index is 0.00000387. The molecule has 1 amide bonds. The summed E-state index contributed by atoms with van der Waals surface area (Å²) in [7, 11) is 0. The fourth-order valence-electron chi connectivity index (χ4n) is 4.44. The van der Waals surface area contributed by atoms with Crippen LogP contribution in [0.25, 0.3) is 22.6 Å². The standard InChI is InChI=1S/C28H26F3N5O4.H2S/c1-16-15-35(20-9-6-18(7-10-20)28(29,30)31)26(38)25-21(14-33-36(16)25)23-12-22(34-40-23)17-5-8-19(32-13-17)11-24(37)39-27(2,3)4;/h5-10,12-14,16H,11,15H2,1-4H3;1H2/t16-;/m0./s1. The van der Waals surface area contributed by atoms with E-state index in [1.165, 1.54) is 23.2 Å². The van der Waals surface area contributed by atoms with Gasteiger partial charge in [-0.05, 0) is 64.1 Å². The molecule has 1 aromatic carbocycles. The maximum absolute atomic E-state index is 13.5. The number of anilines is 1. The Bertz CT molecular complexity index is 1560. The Labute approximate surface area is 240 Å². The number of aromatic nitrogens is 4. The van der Waals surface area contributed by atoms with Crippen LogP contribution in [0.4, 0.5) is 18.9 Å². The fourth-order valence-corrected chi connectivity index (χ4v) is 4.44. The largest absolute Gasteiger partial charge is 0.460 e. The number of esters is 1. The highest BCUT2D eigenvalue weighted by molar-refractivity contribution is 7.59. The zero-order valence-corrected chi connectivity index (χ0v) is 23.7. The van der Waals surface area contributed by atoms with Crippen LogP contribution in [0.5, 0.6) is 0 Å². The van der Waals surface area contributed by atoms with Crippen LogP contribution in [0.3, 0.4) is 0 Å². The Hall–Kier alpha value is -4.13. The van der Waals surface area contributed by atoms with Gasteiger partial charge < -0.3 is 14.2 Å². The van der Waals surface area contributed by atoms with Crippen LogP contribution in [-0.4, -0.2) is 43.9 Å². The molecule has 4 aromatic rings. The van der Waals surface area contributed by atoms with Gasteiger partial charge in [-0.3, -0.25) is 19.3 Å². The molecule has 3 aromatic heterocycles. The van der Waals surface area contributed by atoms with E-state index in [0.717, 1.165) is 12.1 Å². The summed E-state index contributed by atoms with van der Waals surface area (Å²) in [6, 6.07) is 9.33. The highest BCUT2D eigenvalue weighted by Crippen LogP contribution is 2.36. The lowest BCUT2D eigenvalue weighted by Crippen LogP contribution is -2.42. The second kappa shape index (κ2) is 11.0. The highest BCUT2D eigenvalue weighted by atomic mass is 32.1. The Morgan fingerprint density at radius 1 is 1.10 bits per heavy atom. The molecular weight excluding hydrogens is 559 g/mol. The molecule has 1 aliphatic heterocycles. The molecule has 0 radical (unpaired) electrons. The van der Waals surface area contributed by atoms with E-state index in [0.29, 0.717) is 34.0 Å². The third-order valence-corrected chi connectivity index (χ3v) is 6.26.